The quantitative estimate of drug-likeness (QED) is 0.766. The molecule has 0 bridgehead atoms. The van der Waals surface area contributed by atoms with Crippen molar-refractivity contribution in [1.82, 2.24) is 10.2 Å². The standard InChI is InChI=1S/C22H27N3O2/c1-2-21(26)25-14-12-18-10-11-20(15-19(18)16-25)24-22(27)23-13-6-9-17-7-4-3-5-8-17/h3-5,7-8,10-11,15H,2,6,9,12-14,16H2,1H3,(H2,23,24,27). The molecule has 5 nitrogen and oxygen atoms in total. The molecule has 2 aromatic carbocycles. The van der Waals surface area contributed by atoms with Crippen LogP contribution in [0, 0.1) is 0 Å². The molecule has 2 aromatic rings. The van der Waals surface area contributed by atoms with E-state index in [1.54, 1.807) is 0 Å². The molecule has 27 heavy (non-hydrogen) atoms. The van der Waals surface area contributed by atoms with Crippen LogP contribution in [0.2, 0.25) is 0 Å². The number of urea groups is 1. The van der Waals surface area contributed by atoms with Gasteiger partial charge in [-0.1, -0.05) is 43.3 Å². The SMILES string of the molecule is CCC(=O)N1CCc2ccc(NC(=O)NCCCc3ccccc3)cc2C1. The first kappa shape index (κ1) is 19.0. The first-order valence-electron chi connectivity index (χ1n) is 9.64. The molecule has 1 heterocycles. The maximum atomic E-state index is 12.1. The average Bonchev–Trinajstić information content (AvgIpc) is 2.71. The molecule has 1 aliphatic rings. The van der Waals surface area contributed by atoms with Gasteiger partial charge in [0.1, 0.15) is 0 Å². The molecule has 3 amide bonds. The summed E-state index contributed by atoms with van der Waals surface area (Å²) in [5.41, 5.74) is 4.41. The second kappa shape index (κ2) is 9.21. The van der Waals surface area contributed by atoms with Gasteiger partial charge >= 0.3 is 6.03 Å². The van der Waals surface area contributed by atoms with Crippen molar-refractivity contribution in [2.45, 2.75) is 39.2 Å². The lowest BCUT2D eigenvalue weighted by Crippen LogP contribution is -2.35. The second-order valence-electron chi connectivity index (χ2n) is 6.87. The minimum atomic E-state index is -0.194. The maximum Gasteiger partial charge on any atom is 0.319 e. The Morgan fingerprint density at radius 1 is 1.07 bits per heavy atom. The zero-order valence-corrected chi connectivity index (χ0v) is 15.8. The van der Waals surface area contributed by atoms with Crippen LogP contribution in [0.3, 0.4) is 0 Å². The fraction of sp³-hybridized carbons (Fsp3) is 0.364. The Kier molecular flexibility index (Phi) is 6.47. The first-order valence-corrected chi connectivity index (χ1v) is 9.64. The van der Waals surface area contributed by atoms with E-state index in [0.717, 1.165) is 37.1 Å². The Morgan fingerprint density at radius 2 is 1.89 bits per heavy atom. The molecule has 0 radical (unpaired) electrons. The van der Waals surface area contributed by atoms with Crippen LogP contribution < -0.4 is 10.6 Å². The minimum absolute atomic E-state index is 0.176. The van der Waals surface area contributed by atoms with E-state index in [1.165, 1.54) is 11.1 Å². The summed E-state index contributed by atoms with van der Waals surface area (Å²) in [6.45, 7) is 3.91. The molecule has 0 atom stereocenters. The summed E-state index contributed by atoms with van der Waals surface area (Å²) in [7, 11) is 0. The van der Waals surface area contributed by atoms with E-state index >= 15 is 0 Å². The molecule has 0 fully saturated rings. The van der Waals surface area contributed by atoms with E-state index in [-0.39, 0.29) is 11.9 Å². The third-order valence-electron chi connectivity index (χ3n) is 4.90. The van der Waals surface area contributed by atoms with Gasteiger partial charge in [-0.2, -0.15) is 0 Å². The number of nitrogens with zero attached hydrogens (tertiary/aromatic N) is 1. The Morgan fingerprint density at radius 3 is 2.67 bits per heavy atom. The summed E-state index contributed by atoms with van der Waals surface area (Å²) in [5.74, 6) is 0.176. The number of carbonyl (C=O) groups is 2. The third-order valence-corrected chi connectivity index (χ3v) is 4.90. The van der Waals surface area contributed by atoms with Gasteiger partial charge in [-0.05, 0) is 48.1 Å². The van der Waals surface area contributed by atoms with Crippen LogP contribution in [0.15, 0.2) is 48.5 Å². The normalized spacial score (nSPS) is 13.0. The number of rotatable bonds is 6. The van der Waals surface area contributed by atoms with E-state index in [1.807, 2.05) is 48.2 Å². The number of hydrogen-bond acceptors (Lipinski definition) is 2. The Hall–Kier alpha value is -2.82. The van der Waals surface area contributed by atoms with Crippen molar-refractivity contribution in [1.29, 1.82) is 0 Å². The molecule has 0 aromatic heterocycles. The van der Waals surface area contributed by atoms with Crippen molar-refractivity contribution in [3.63, 3.8) is 0 Å². The fourth-order valence-corrected chi connectivity index (χ4v) is 3.39. The minimum Gasteiger partial charge on any atom is -0.338 e. The van der Waals surface area contributed by atoms with Gasteiger partial charge in [-0.25, -0.2) is 4.79 Å². The highest BCUT2D eigenvalue weighted by Gasteiger charge is 2.19. The van der Waals surface area contributed by atoms with Crippen molar-refractivity contribution in [3.8, 4) is 0 Å². The molecule has 3 rings (SSSR count). The summed E-state index contributed by atoms with van der Waals surface area (Å²) < 4.78 is 0. The van der Waals surface area contributed by atoms with Crippen molar-refractivity contribution < 1.29 is 9.59 Å². The number of hydrogen-bond donors (Lipinski definition) is 2. The number of benzene rings is 2. The molecular weight excluding hydrogens is 338 g/mol. The lowest BCUT2D eigenvalue weighted by atomic mass is 9.99. The summed E-state index contributed by atoms with van der Waals surface area (Å²) in [6.07, 6.45) is 3.24. The van der Waals surface area contributed by atoms with Gasteiger partial charge in [0.15, 0.2) is 0 Å². The monoisotopic (exact) mass is 365 g/mol. The summed E-state index contributed by atoms with van der Waals surface area (Å²) in [6, 6.07) is 16.0. The highest BCUT2D eigenvalue weighted by atomic mass is 16.2. The predicted molar refractivity (Wildman–Crippen MR) is 108 cm³/mol. The average molecular weight is 365 g/mol. The van der Waals surface area contributed by atoms with Gasteiger partial charge in [0.2, 0.25) is 5.91 Å². The topological polar surface area (TPSA) is 61.4 Å². The van der Waals surface area contributed by atoms with Gasteiger partial charge < -0.3 is 15.5 Å². The summed E-state index contributed by atoms with van der Waals surface area (Å²) in [5, 5.41) is 5.80. The van der Waals surface area contributed by atoms with Crippen molar-refractivity contribution >= 4 is 17.6 Å². The van der Waals surface area contributed by atoms with Gasteiger partial charge in [0.25, 0.3) is 0 Å². The van der Waals surface area contributed by atoms with E-state index in [2.05, 4.69) is 22.8 Å². The molecular formula is C22H27N3O2. The maximum absolute atomic E-state index is 12.1. The van der Waals surface area contributed by atoms with E-state index in [4.69, 9.17) is 0 Å². The molecule has 0 unspecified atom stereocenters. The summed E-state index contributed by atoms with van der Waals surface area (Å²) >= 11 is 0. The van der Waals surface area contributed by atoms with Crippen molar-refractivity contribution in [2.75, 3.05) is 18.4 Å². The zero-order valence-electron chi connectivity index (χ0n) is 15.8. The van der Waals surface area contributed by atoms with Gasteiger partial charge in [-0.15, -0.1) is 0 Å². The lowest BCUT2D eigenvalue weighted by molar-refractivity contribution is -0.131. The van der Waals surface area contributed by atoms with Crippen LogP contribution in [-0.2, 0) is 24.2 Å². The molecule has 2 N–H and O–H groups in total. The van der Waals surface area contributed by atoms with Crippen LogP contribution in [0.5, 0.6) is 0 Å². The molecule has 0 saturated carbocycles. The molecule has 0 saturated heterocycles. The van der Waals surface area contributed by atoms with Crippen molar-refractivity contribution in [3.05, 3.63) is 65.2 Å². The lowest BCUT2D eigenvalue weighted by Gasteiger charge is -2.29. The van der Waals surface area contributed by atoms with Gasteiger partial charge in [0.05, 0.1) is 0 Å². The zero-order chi connectivity index (χ0) is 19.1. The number of anilines is 1. The highest BCUT2D eigenvalue weighted by Crippen LogP contribution is 2.23. The van der Waals surface area contributed by atoms with E-state index < -0.39 is 0 Å². The number of carbonyl (C=O) groups excluding carboxylic acids is 2. The van der Waals surface area contributed by atoms with Crippen LogP contribution in [0.1, 0.15) is 36.5 Å². The highest BCUT2D eigenvalue weighted by molar-refractivity contribution is 5.89. The predicted octanol–water partition coefficient (Wildman–Crippen LogP) is 3.74. The third kappa shape index (κ3) is 5.33. The number of nitrogens with one attached hydrogen (secondary N) is 2. The number of fused-ring (bicyclic) bond motifs is 1. The molecule has 0 spiro atoms. The van der Waals surface area contributed by atoms with Crippen LogP contribution >= 0.6 is 0 Å². The first-order chi connectivity index (χ1) is 13.2. The Bertz CT molecular complexity index is 789. The van der Waals surface area contributed by atoms with Gasteiger partial charge in [0, 0.05) is 31.7 Å². The Balaban J connectivity index is 1.47. The molecule has 5 heteroatoms. The molecule has 0 aliphatic carbocycles. The van der Waals surface area contributed by atoms with Crippen LogP contribution in [0.4, 0.5) is 10.5 Å². The molecule has 142 valence electrons. The fourth-order valence-electron chi connectivity index (χ4n) is 3.39. The largest absolute Gasteiger partial charge is 0.338 e. The number of aryl methyl sites for hydroxylation is 1. The second-order valence-corrected chi connectivity index (χ2v) is 6.87. The molecule has 1 aliphatic heterocycles. The summed E-state index contributed by atoms with van der Waals surface area (Å²) in [4.78, 5) is 25.9. The van der Waals surface area contributed by atoms with Crippen LogP contribution in [0.25, 0.3) is 0 Å². The van der Waals surface area contributed by atoms with Crippen molar-refractivity contribution in [2.24, 2.45) is 0 Å². The van der Waals surface area contributed by atoms with E-state index in [9.17, 15) is 9.59 Å². The van der Waals surface area contributed by atoms with E-state index in [0.29, 0.717) is 19.5 Å². The smallest absolute Gasteiger partial charge is 0.319 e. The number of amides is 3. The van der Waals surface area contributed by atoms with Gasteiger partial charge in [-0.3, -0.25) is 4.79 Å². The van der Waals surface area contributed by atoms with Crippen LogP contribution in [-0.4, -0.2) is 29.9 Å². The Labute approximate surface area is 160 Å².